The van der Waals surface area contributed by atoms with Crippen LogP contribution in [0.1, 0.15) is 62.0 Å². The fourth-order valence-corrected chi connectivity index (χ4v) is 4.80. The molecular formula is C26H30N4O3. The average Bonchev–Trinajstić information content (AvgIpc) is 3.36. The van der Waals surface area contributed by atoms with Crippen LogP contribution in [-0.4, -0.2) is 45.4 Å². The summed E-state index contributed by atoms with van der Waals surface area (Å²) in [7, 11) is 0. The SMILES string of the molecule is CC(C)(C)OC(=O)N1CCC(C)(n2cc(Cc3ccc4c5c(cccc35)C(=O)N4)cn2)CC1. The maximum atomic E-state index is 12.4. The summed E-state index contributed by atoms with van der Waals surface area (Å²) < 4.78 is 7.58. The molecule has 0 bridgehead atoms. The van der Waals surface area contributed by atoms with Crippen molar-refractivity contribution in [3.8, 4) is 0 Å². The van der Waals surface area contributed by atoms with Crippen molar-refractivity contribution in [2.75, 3.05) is 18.4 Å². The van der Waals surface area contributed by atoms with Gasteiger partial charge in [-0.2, -0.15) is 5.10 Å². The lowest BCUT2D eigenvalue weighted by molar-refractivity contribution is 0.0120. The van der Waals surface area contributed by atoms with Crippen molar-refractivity contribution in [2.24, 2.45) is 0 Å². The van der Waals surface area contributed by atoms with Gasteiger partial charge in [0, 0.05) is 42.3 Å². The van der Waals surface area contributed by atoms with Gasteiger partial charge in [-0.05, 0) is 69.2 Å². The summed E-state index contributed by atoms with van der Waals surface area (Å²) in [6.07, 6.45) is 6.19. The number of rotatable bonds is 3. The van der Waals surface area contributed by atoms with E-state index >= 15 is 0 Å². The van der Waals surface area contributed by atoms with Crippen LogP contribution in [0, 0.1) is 0 Å². The Hall–Kier alpha value is -3.35. The Balaban J connectivity index is 1.31. The number of benzene rings is 2. The van der Waals surface area contributed by atoms with Crippen molar-refractivity contribution in [1.82, 2.24) is 14.7 Å². The highest BCUT2D eigenvalue weighted by Crippen LogP contribution is 2.36. The lowest BCUT2D eigenvalue weighted by Gasteiger charge is -2.39. The molecule has 7 heteroatoms. The number of ether oxygens (including phenoxy) is 1. The van der Waals surface area contributed by atoms with Crippen molar-refractivity contribution in [2.45, 2.75) is 58.1 Å². The molecule has 1 aromatic heterocycles. The number of hydrogen-bond acceptors (Lipinski definition) is 4. The Morgan fingerprint density at radius 1 is 1.18 bits per heavy atom. The predicted octanol–water partition coefficient (Wildman–Crippen LogP) is 4.94. The minimum absolute atomic E-state index is 0.0359. The number of likely N-dealkylation sites (tertiary alicyclic amines) is 1. The molecule has 0 unspecified atom stereocenters. The van der Waals surface area contributed by atoms with Gasteiger partial charge in [-0.3, -0.25) is 9.48 Å². The van der Waals surface area contributed by atoms with Gasteiger partial charge >= 0.3 is 6.09 Å². The lowest BCUT2D eigenvalue weighted by atomic mass is 9.90. The van der Waals surface area contributed by atoms with Crippen LogP contribution in [0.4, 0.5) is 10.5 Å². The quantitative estimate of drug-likeness (QED) is 0.618. The molecule has 172 valence electrons. The molecule has 0 atom stereocenters. The lowest BCUT2D eigenvalue weighted by Crippen LogP contribution is -2.48. The van der Waals surface area contributed by atoms with Gasteiger partial charge in [0.15, 0.2) is 0 Å². The number of anilines is 1. The summed E-state index contributed by atoms with van der Waals surface area (Å²) in [6.45, 7) is 9.17. The number of carbonyl (C=O) groups excluding carboxylic acids is 2. The van der Waals surface area contributed by atoms with Crippen LogP contribution < -0.4 is 5.32 Å². The summed E-state index contributed by atoms with van der Waals surface area (Å²) in [6, 6.07) is 9.98. The molecule has 0 aliphatic carbocycles. The van der Waals surface area contributed by atoms with E-state index < -0.39 is 5.60 Å². The van der Waals surface area contributed by atoms with E-state index in [2.05, 4.69) is 35.3 Å². The second-order valence-electron chi connectivity index (χ2n) is 10.4. The third kappa shape index (κ3) is 3.96. The summed E-state index contributed by atoms with van der Waals surface area (Å²) in [5.74, 6) is -0.0359. The molecule has 2 aliphatic heterocycles. The summed E-state index contributed by atoms with van der Waals surface area (Å²) in [5.41, 5.74) is 3.30. The first-order valence-electron chi connectivity index (χ1n) is 11.5. The van der Waals surface area contributed by atoms with Gasteiger partial charge in [0.1, 0.15) is 5.60 Å². The largest absolute Gasteiger partial charge is 0.444 e. The predicted molar refractivity (Wildman–Crippen MR) is 128 cm³/mol. The molecule has 33 heavy (non-hydrogen) atoms. The summed E-state index contributed by atoms with van der Waals surface area (Å²) in [4.78, 5) is 26.4. The fourth-order valence-electron chi connectivity index (χ4n) is 4.80. The van der Waals surface area contributed by atoms with Crippen molar-refractivity contribution in [1.29, 1.82) is 0 Å². The molecule has 3 aromatic rings. The topological polar surface area (TPSA) is 76.5 Å². The number of aromatic nitrogens is 2. The third-order valence-electron chi connectivity index (χ3n) is 6.70. The summed E-state index contributed by atoms with van der Waals surface area (Å²) in [5, 5.41) is 9.75. The van der Waals surface area contributed by atoms with Crippen LogP contribution in [0.15, 0.2) is 42.7 Å². The molecule has 2 aromatic carbocycles. The van der Waals surface area contributed by atoms with E-state index in [0.717, 1.165) is 46.8 Å². The van der Waals surface area contributed by atoms with Crippen LogP contribution in [0.3, 0.4) is 0 Å². The highest BCUT2D eigenvalue weighted by Gasteiger charge is 2.35. The van der Waals surface area contributed by atoms with Gasteiger partial charge in [0.05, 0.1) is 11.7 Å². The zero-order valence-electron chi connectivity index (χ0n) is 19.6. The maximum absolute atomic E-state index is 12.4. The smallest absolute Gasteiger partial charge is 0.410 e. The molecule has 2 aliphatic rings. The molecule has 0 radical (unpaired) electrons. The van der Waals surface area contributed by atoms with Crippen LogP contribution in [0.5, 0.6) is 0 Å². The van der Waals surface area contributed by atoms with Gasteiger partial charge in [-0.1, -0.05) is 18.2 Å². The van der Waals surface area contributed by atoms with E-state index in [9.17, 15) is 9.59 Å². The number of piperidine rings is 1. The Labute approximate surface area is 193 Å². The number of nitrogens with zero attached hydrogens (tertiary/aromatic N) is 3. The number of carbonyl (C=O) groups is 2. The highest BCUT2D eigenvalue weighted by atomic mass is 16.6. The normalized spacial score (nSPS) is 17.3. The monoisotopic (exact) mass is 446 g/mol. The van der Waals surface area contributed by atoms with Gasteiger partial charge in [0.2, 0.25) is 0 Å². The minimum atomic E-state index is -0.485. The van der Waals surface area contributed by atoms with E-state index in [1.807, 2.05) is 45.2 Å². The Kier molecular flexibility index (Phi) is 4.96. The minimum Gasteiger partial charge on any atom is -0.444 e. The van der Waals surface area contributed by atoms with Crippen LogP contribution in [0.25, 0.3) is 10.8 Å². The molecular weight excluding hydrogens is 416 g/mol. The van der Waals surface area contributed by atoms with Gasteiger partial charge in [-0.15, -0.1) is 0 Å². The molecule has 1 fully saturated rings. The number of hydrogen-bond donors (Lipinski definition) is 1. The first-order chi connectivity index (χ1) is 15.6. The van der Waals surface area contributed by atoms with Crippen LogP contribution >= 0.6 is 0 Å². The van der Waals surface area contributed by atoms with Crippen molar-refractivity contribution in [3.05, 3.63) is 59.4 Å². The van der Waals surface area contributed by atoms with Crippen LogP contribution in [-0.2, 0) is 16.7 Å². The molecule has 2 amide bonds. The first kappa shape index (κ1) is 21.5. The Morgan fingerprint density at radius 2 is 1.94 bits per heavy atom. The van der Waals surface area contributed by atoms with E-state index in [-0.39, 0.29) is 17.5 Å². The molecule has 0 spiro atoms. The van der Waals surface area contributed by atoms with E-state index in [1.54, 1.807) is 4.90 Å². The second-order valence-corrected chi connectivity index (χ2v) is 10.4. The van der Waals surface area contributed by atoms with Gasteiger partial charge in [0.25, 0.3) is 5.91 Å². The van der Waals surface area contributed by atoms with E-state index in [0.29, 0.717) is 13.1 Å². The zero-order chi connectivity index (χ0) is 23.4. The average molecular weight is 447 g/mol. The zero-order valence-corrected chi connectivity index (χ0v) is 19.6. The molecule has 1 N–H and O–H groups in total. The van der Waals surface area contributed by atoms with Gasteiger partial charge < -0.3 is 15.0 Å². The van der Waals surface area contributed by atoms with E-state index in [4.69, 9.17) is 9.84 Å². The Morgan fingerprint density at radius 3 is 2.67 bits per heavy atom. The molecule has 1 saturated heterocycles. The number of nitrogens with one attached hydrogen (secondary N) is 1. The molecule has 0 saturated carbocycles. The van der Waals surface area contributed by atoms with Crippen LogP contribution in [0.2, 0.25) is 0 Å². The van der Waals surface area contributed by atoms with Crippen molar-refractivity contribution >= 4 is 28.5 Å². The third-order valence-corrected chi connectivity index (χ3v) is 6.70. The van der Waals surface area contributed by atoms with Crippen molar-refractivity contribution < 1.29 is 14.3 Å². The summed E-state index contributed by atoms with van der Waals surface area (Å²) >= 11 is 0. The highest BCUT2D eigenvalue weighted by molar-refractivity contribution is 6.24. The molecule has 5 rings (SSSR count). The molecule has 3 heterocycles. The van der Waals surface area contributed by atoms with Crippen molar-refractivity contribution in [3.63, 3.8) is 0 Å². The second kappa shape index (κ2) is 7.61. The maximum Gasteiger partial charge on any atom is 0.410 e. The fraction of sp³-hybridized carbons (Fsp3) is 0.423. The first-order valence-corrected chi connectivity index (χ1v) is 11.5. The molecule has 7 nitrogen and oxygen atoms in total. The number of amides is 2. The standard InChI is InChI=1S/C26H30N4O3/c1-25(2,3)33-24(32)29-12-10-26(4,11-13-29)30-16-17(15-27-30)14-18-8-9-21-22-19(18)6-5-7-20(22)23(31)28-21/h5-9,15-16H,10-14H2,1-4H3,(H,28,31). The Bertz CT molecular complexity index is 1250. The van der Waals surface area contributed by atoms with Gasteiger partial charge in [-0.25, -0.2) is 4.79 Å². The van der Waals surface area contributed by atoms with E-state index in [1.165, 1.54) is 5.56 Å².